The highest BCUT2D eigenvalue weighted by Crippen LogP contribution is 2.39. The van der Waals surface area contributed by atoms with E-state index in [0.717, 1.165) is 45.3 Å². The molecule has 10 aromatic rings. The number of hydrogen-bond acceptors (Lipinski definition) is 2. The molecule has 0 bridgehead atoms. The fourth-order valence-corrected chi connectivity index (χ4v) is 8.23. The van der Waals surface area contributed by atoms with Gasteiger partial charge in [0.25, 0.3) is 0 Å². The summed E-state index contributed by atoms with van der Waals surface area (Å²) in [6, 6.07) is 95.4. The van der Waals surface area contributed by atoms with Crippen molar-refractivity contribution in [1.82, 2.24) is 0 Å². The second-order valence-electron chi connectivity index (χ2n) is 15.4. The summed E-state index contributed by atoms with van der Waals surface area (Å²) in [5.41, 5.74) is 18.6. The van der Waals surface area contributed by atoms with E-state index in [4.69, 9.17) is 0 Å². The van der Waals surface area contributed by atoms with Gasteiger partial charge in [0, 0.05) is 34.1 Å². The van der Waals surface area contributed by atoms with Crippen molar-refractivity contribution in [3.8, 4) is 55.6 Å². The Morgan fingerprint density at radius 1 is 0.129 bits per heavy atom. The molecule has 0 atom stereocenters. The summed E-state index contributed by atoms with van der Waals surface area (Å²) in [4.78, 5) is 4.63. The van der Waals surface area contributed by atoms with Crippen LogP contribution in [0.25, 0.3) is 55.6 Å². The van der Waals surface area contributed by atoms with E-state index in [-0.39, 0.29) is 0 Å². The van der Waals surface area contributed by atoms with E-state index in [2.05, 4.69) is 277 Å². The van der Waals surface area contributed by atoms with Gasteiger partial charge in [0.1, 0.15) is 0 Å². The standard InChI is InChI=1S/C60H44N2/c1-5-13-45(14-6-1)47-21-25-49(26-22-47)51-29-37-57(38-30-51)61(55-17-9-3-10-18-55)59-41-33-53(34-42-59)54-35-43-60(44-36-54)62(56-19-11-4-12-20-56)58-39-31-52(32-40-58)50-27-23-48(24-28-50)46-15-7-2-8-16-46/h1-44H. The Morgan fingerprint density at radius 2 is 0.274 bits per heavy atom. The molecule has 2 nitrogen and oxygen atoms in total. The van der Waals surface area contributed by atoms with Gasteiger partial charge < -0.3 is 9.80 Å². The summed E-state index contributed by atoms with van der Waals surface area (Å²) in [7, 11) is 0. The molecule has 0 fully saturated rings. The topological polar surface area (TPSA) is 6.48 Å². The Labute approximate surface area is 364 Å². The van der Waals surface area contributed by atoms with Crippen LogP contribution in [0.5, 0.6) is 0 Å². The highest BCUT2D eigenvalue weighted by atomic mass is 15.1. The van der Waals surface area contributed by atoms with Crippen LogP contribution in [0, 0.1) is 0 Å². The van der Waals surface area contributed by atoms with Gasteiger partial charge in [0.2, 0.25) is 0 Å². The number of rotatable bonds is 11. The van der Waals surface area contributed by atoms with E-state index in [9.17, 15) is 0 Å². The van der Waals surface area contributed by atoms with Gasteiger partial charge in [0.05, 0.1) is 0 Å². The maximum absolute atomic E-state index is 2.32. The summed E-state index contributed by atoms with van der Waals surface area (Å²) < 4.78 is 0. The molecule has 0 unspecified atom stereocenters. The number of hydrogen-bond donors (Lipinski definition) is 0. The van der Waals surface area contributed by atoms with Crippen molar-refractivity contribution in [1.29, 1.82) is 0 Å². The molecule has 2 heteroatoms. The molecule has 0 amide bonds. The predicted molar refractivity (Wildman–Crippen MR) is 263 cm³/mol. The van der Waals surface area contributed by atoms with Gasteiger partial charge in [-0.05, 0) is 128 Å². The first-order valence-electron chi connectivity index (χ1n) is 21.2. The summed E-state index contributed by atoms with van der Waals surface area (Å²) in [5, 5.41) is 0. The Morgan fingerprint density at radius 3 is 0.484 bits per heavy atom. The molecule has 10 rings (SSSR count). The molecule has 10 aromatic carbocycles. The van der Waals surface area contributed by atoms with Crippen molar-refractivity contribution in [3.05, 3.63) is 267 Å². The summed E-state index contributed by atoms with van der Waals surface area (Å²) in [6.45, 7) is 0. The molecule has 0 aliphatic rings. The van der Waals surface area contributed by atoms with Gasteiger partial charge in [-0.1, -0.05) is 194 Å². The zero-order valence-electron chi connectivity index (χ0n) is 34.3. The average molecular weight is 793 g/mol. The lowest BCUT2D eigenvalue weighted by atomic mass is 10.00. The minimum Gasteiger partial charge on any atom is -0.311 e. The van der Waals surface area contributed by atoms with Crippen LogP contribution in [0.1, 0.15) is 0 Å². The van der Waals surface area contributed by atoms with E-state index >= 15 is 0 Å². The maximum atomic E-state index is 2.32. The Bertz CT molecular complexity index is 2750. The summed E-state index contributed by atoms with van der Waals surface area (Å²) >= 11 is 0. The van der Waals surface area contributed by atoms with Crippen LogP contribution in [0.4, 0.5) is 34.1 Å². The first kappa shape index (κ1) is 38.0. The van der Waals surface area contributed by atoms with E-state index < -0.39 is 0 Å². The van der Waals surface area contributed by atoms with Crippen molar-refractivity contribution >= 4 is 34.1 Å². The van der Waals surface area contributed by atoms with E-state index in [1.165, 1.54) is 44.5 Å². The number of anilines is 6. The van der Waals surface area contributed by atoms with E-state index in [1.54, 1.807) is 0 Å². The van der Waals surface area contributed by atoms with Gasteiger partial charge >= 0.3 is 0 Å². The van der Waals surface area contributed by atoms with Gasteiger partial charge in [-0.2, -0.15) is 0 Å². The number of para-hydroxylation sites is 2. The van der Waals surface area contributed by atoms with Crippen molar-refractivity contribution in [2.75, 3.05) is 9.80 Å². The van der Waals surface area contributed by atoms with Gasteiger partial charge in [0.15, 0.2) is 0 Å². The molecule has 0 heterocycles. The highest BCUT2D eigenvalue weighted by molar-refractivity contribution is 5.83. The van der Waals surface area contributed by atoms with Crippen molar-refractivity contribution in [2.45, 2.75) is 0 Å². The summed E-state index contributed by atoms with van der Waals surface area (Å²) in [6.07, 6.45) is 0. The second-order valence-corrected chi connectivity index (χ2v) is 15.4. The number of nitrogens with zero attached hydrogens (tertiary/aromatic N) is 2. The molecule has 0 aliphatic heterocycles. The molecular weight excluding hydrogens is 749 g/mol. The quantitative estimate of drug-likeness (QED) is 0.129. The third kappa shape index (κ3) is 8.18. The lowest BCUT2D eigenvalue weighted by Crippen LogP contribution is -2.10. The van der Waals surface area contributed by atoms with Crippen molar-refractivity contribution in [3.63, 3.8) is 0 Å². The number of benzene rings is 10. The summed E-state index contributed by atoms with van der Waals surface area (Å²) in [5.74, 6) is 0. The fourth-order valence-electron chi connectivity index (χ4n) is 8.23. The highest BCUT2D eigenvalue weighted by Gasteiger charge is 2.15. The van der Waals surface area contributed by atoms with Gasteiger partial charge in [-0.3, -0.25) is 0 Å². The first-order chi connectivity index (χ1) is 30.7. The molecule has 294 valence electrons. The molecule has 0 radical (unpaired) electrons. The molecule has 0 spiro atoms. The van der Waals surface area contributed by atoms with Crippen molar-refractivity contribution in [2.24, 2.45) is 0 Å². The minimum absolute atomic E-state index is 1.10. The molecule has 0 saturated heterocycles. The van der Waals surface area contributed by atoms with Crippen LogP contribution in [0.3, 0.4) is 0 Å². The normalized spacial score (nSPS) is 10.9. The minimum atomic E-state index is 1.10. The monoisotopic (exact) mass is 792 g/mol. The van der Waals surface area contributed by atoms with Crippen LogP contribution in [-0.4, -0.2) is 0 Å². The average Bonchev–Trinajstić information content (AvgIpc) is 3.36. The largest absolute Gasteiger partial charge is 0.311 e. The smallest absolute Gasteiger partial charge is 0.0462 e. The molecule has 0 N–H and O–H groups in total. The van der Waals surface area contributed by atoms with Crippen LogP contribution >= 0.6 is 0 Å². The predicted octanol–water partition coefficient (Wildman–Crippen LogP) is 17.0. The zero-order chi connectivity index (χ0) is 41.5. The van der Waals surface area contributed by atoms with Crippen LogP contribution in [-0.2, 0) is 0 Å². The maximum Gasteiger partial charge on any atom is 0.0462 e. The first-order valence-corrected chi connectivity index (χ1v) is 21.2. The fraction of sp³-hybridized carbons (Fsp3) is 0. The van der Waals surface area contributed by atoms with Gasteiger partial charge in [-0.15, -0.1) is 0 Å². The van der Waals surface area contributed by atoms with Crippen LogP contribution in [0.15, 0.2) is 267 Å². The lowest BCUT2D eigenvalue weighted by molar-refractivity contribution is 1.28. The lowest BCUT2D eigenvalue weighted by Gasteiger charge is -2.26. The van der Waals surface area contributed by atoms with Gasteiger partial charge in [-0.25, -0.2) is 0 Å². The van der Waals surface area contributed by atoms with Crippen LogP contribution in [0.2, 0.25) is 0 Å². The van der Waals surface area contributed by atoms with Crippen LogP contribution < -0.4 is 9.80 Å². The Balaban J connectivity index is 0.887. The zero-order valence-corrected chi connectivity index (χ0v) is 34.3. The van der Waals surface area contributed by atoms with E-state index in [0.29, 0.717) is 0 Å². The molecule has 0 aromatic heterocycles. The molecular formula is C60H44N2. The molecule has 0 saturated carbocycles. The third-order valence-corrected chi connectivity index (χ3v) is 11.5. The third-order valence-electron chi connectivity index (χ3n) is 11.5. The van der Waals surface area contributed by atoms with E-state index in [1.807, 2.05) is 0 Å². The SMILES string of the molecule is c1ccc(-c2ccc(-c3ccc(N(c4ccccc4)c4ccc(-c5ccc(N(c6ccccc6)c6ccc(-c7ccc(-c8ccccc8)cc7)cc6)cc5)cc4)cc3)cc2)cc1. The van der Waals surface area contributed by atoms with Crippen molar-refractivity contribution < 1.29 is 0 Å². The Hall–Kier alpha value is -8.20. The molecule has 62 heavy (non-hydrogen) atoms. The second kappa shape index (κ2) is 17.6. The molecule has 0 aliphatic carbocycles. The Kier molecular flexibility index (Phi) is 10.8.